The van der Waals surface area contributed by atoms with Gasteiger partial charge in [0.25, 0.3) is 5.91 Å². The van der Waals surface area contributed by atoms with Crippen molar-refractivity contribution in [2.24, 2.45) is 7.05 Å². The molecule has 3 aliphatic rings. The van der Waals surface area contributed by atoms with Crippen LogP contribution in [0.4, 0.5) is 0 Å². The zero-order chi connectivity index (χ0) is 19.7. The number of amides is 1. The van der Waals surface area contributed by atoms with Crippen molar-refractivity contribution in [3.63, 3.8) is 0 Å². The first kappa shape index (κ1) is 19.9. The van der Waals surface area contributed by atoms with Gasteiger partial charge in [0.1, 0.15) is 5.69 Å². The average Bonchev–Trinajstić information content (AvgIpc) is 3.14. The highest BCUT2D eigenvalue weighted by molar-refractivity contribution is 5.92. The van der Waals surface area contributed by atoms with E-state index in [-0.39, 0.29) is 11.5 Å². The highest BCUT2D eigenvalue weighted by Gasteiger charge is 2.43. The molecule has 1 aromatic rings. The van der Waals surface area contributed by atoms with Crippen molar-refractivity contribution in [3.05, 3.63) is 18.0 Å². The second-order valence-electron chi connectivity index (χ2n) is 8.98. The number of likely N-dealkylation sites (tertiary alicyclic amines) is 1. The number of piperazine rings is 1. The molecule has 28 heavy (non-hydrogen) atoms. The van der Waals surface area contributed by atoms with E-state index < -0.39 is 0 Å². The van der Waals surface area contributed by atoms with Crippen molar-refractivity contribution in [1.82, 2.24) is 24.5 Å². The number of aryl methyl sites for hydroxylation is 1. The Morgan fingerprint density at radius 3 is 2.50 bits per heavy atom. The number of ether oxygens (including phenoxy) is 1. The maximum absolute atomic E-state index is 12.8. The minimum Gasteiger partial charge on any atom is -0.375 e. The largest absolute Gasteiger partial charge is 0.375 e. The quantitative estimate of drug-likeness (QED) is 0.786. The van der Waals surface area contributed by atoms with Crippen molar-refractivity contribution < 1.29 is 9.53 Å². The minimum atomic E-state index is -0.0403. The van der Waals surface area contributed by atoms with E-state index in [1.807, 2.05) is 11.9 Å². The van der Waals surface area contributed by atoms with Gasteiger partial charge < -0.3 is 9.64 Å². The lowest BCUT2D eigenvalue weighted by Crippen LogP contribution is -2.58. The van der Waals surface area contributed by atoms with Gasteiger partial charge in [-0.15, -0.1) is 0 Å². The molecule has 7 nitrogen and oxygen atoms in total. The Morgan fingerprint density at radius 1 is 1.18 bits per heavy atom. The second-order valence-corrected chi connectivity index (χ2v) is 8.98. The molecule has 0 unspecified atom stereocenters. The van der Waals surface area contributed by atoms with E-state index in [1.54, 1.807) is 16.9 Å². The van der Waals surface area contributed by atoms with Crippen LogP contribution in [0.2, 0.25) is 0 Å². The van der Waals surface area contributed by atoms with Crippen LogP contribution >= 0.6 is 0 Å². The first-order valence-electron chi connectivity index (χ1n) is 10.9. The fourth-order valence-corrected chi connectivity index (χ4v) is 5.14. The van der Waals surface area contributed by atoms with E-state index in [0.29, 0.717) is 17.8 Å². The van der Waals surface area contributed by atoms with Crippen molar-refractivity contribution in [3.8, 4) is 0 Å². The van der Waals surface area contributed by atoms with Crippen molar-refractivity contribution in [2.75, 3.05) is 45.9 Å². The highest BCUT2D eigenvalue weighted by atomic mass is 16.5. The third-order valence-electron chi connectivity index (χ3n) is 7.06. The Balaban J connectivity index is 1.33. The maximum atomic E-state index is 12.8. The SMILES string of the molecule is CC(C)N1CCN([C@@H]2CCOC3(CCN(C(=O)c4ccnn4C)CC3)C2)CC1. The Labute approximate surface area is 168 Å². The molecule has 0 N–H and O–H groups in total. The number of rotatable bonds is 3. The third kappa shape index (κ3) is 3.98. The molecule has 4 rings (SSSR count). The van der Waals surface area contributed by atoms with Gasteiger partial charge in [-0.25, -0.2) is 0 Å². The summed E-state index contributed by atoms with van der Waals surface area (Å²) in [4.78, 5) is 20.0. The van der Waals surface area contributed by atoms with Gasteiger partial charge >= 0.3 is 0 Å². The fraction of sp³-hybridized carbons (Fsp3) is 0.810. The summed E-state index contributed by atoms with van der Waals surface area (Å²) in [7, 11) is 1.83. The van der Waals surface area contributed by atoms with E-state index in [4.69, 9.17) is 4.74 Å². The Hall–Kier alpha value is -1.44. The van der Waals surface area contributed by atoms with Gasteiger partial charge in [0.15, 0.2) is 0 Å². The summed E-state index contributed by atoms with van der Waals surface area (Å²) in [6.07, 6.45) is 5.83. The smallest absolute Gasteiger partial charge is 0.272 e. The lowest BCUT2D eigenvalue weighted by molar-refractivity contribution is -0.133. The zero-order valence-electron chi connectivity index (χ0n) is 17.6. The molecule has 3 saturated heterocycles. The van der Waals surface area contributed by atoms with E-state index in [2.05, 4.69) is 28.7 Å². The van der Waals surface area contributed by atoms with Crippen molar-refractivity contribution >= 4 is 5.91 Å². The second kappa shape index (κ2) is 8.13. The minimum absolute atomic E-state index is 0.0403. The summed E-state index contributed by atoms with van der Waals surface area (Å²) < 4.78 is 8.00. The van der Waals surface area contributed by atoms with Crippen LogP contribution in [0, 0.1) is 0 Å². The maximum Gasteiger partial charge on any atom is 0.272 e. The molecule has 0 radical (unpaired) electrons. The summed E-state index contributed by atoms with van der Waals surface area (Å²) in [6.45, 7) is 11.7. The molecule has 0 aliphatic carbocycles. The predicted molar refractivity (Wildman–Crippen MR) is 108 cm³/mol. The number of aromatic nitrogens is 2. The molecule has 4 heterocycles. The molecular weight excluding hydrogens is 354 g/mol. The van der Waals surface area contributed by atoms with Gasteiger partial charge in [0.2, 0.25) is 0 Å². The standard InChI is InChI=1S/C21H35N5O2/c1-17(2)24-11-13-25(14-12-24)18-5-15-28-21(16-18)6-9-26(10-7-21)20(27)19-4-8-22-23(19)3/h4,8,17-18H,5-7,9-16H2,1-3H3/t18-/m1/s1. The number of carbonyl (C=O) groups is 1. The van der Waals surface area contributed by atoms with Gasteiger partial charge in [-0.3, -0.25) is 19.3 Å². The average molecular weight is 390 g/mol. The lowest BCUT2D eigenvalue weighted by atomic mass is 9.81. The number of nitrogens with zero attached hydrogens (tertiary/aromatic N) is 5. The van der Waals surface area contributed by atoms with Gasteiger partial charge in [0, 0.05) is 71.2 Å². The van der Waals surface area contributed by atoms with Crippen LogP contribution in [-0.2, 0) is 11.8 Å². The number of hydrogen-bond donors (Lipinski definition) is 0. The zero-order valence-corrected chi connectivity index (χ0v) is 17.6. The summed E-state index contributed by atoms with van der Waals surface area (Å²) >= 11 is 0. The van der Waals surface area contributed by atoms with Crippen LogP contribution in [0.3, 0.4) is 0 Å². The number of carbonyl (C=O) groups excluding carboxylic acids is 1. The van der Waals surface area contributed by atoms with E-state index in [1.165, 1.54) is 26.2 Å². The predicted octanol–water partition coefficient (Wildman–Crippen LogP) is 1.60. The number of piperidine rings is 1. The van der Waals surface area contributed by atoms with Gasteiger partial charge in [-0.1, -0.05) is 0 Å². The van der Waals surface area contributed by atoms with Crippen LogP contribution in [-0.4, -0.2) is 93.9 Å². The van der Waals surface area contributed by atoms with Crippen LogP contribution in [0.15, 0.2) is 12.3 Å². The van der Waals surface area contributed by atoms with Crippen LogP contribution in [0.5, 0.6) is 0 Å². The normalized spacial score (nSPS) is 26.9. The van der Waals surface area contributed by atoms with Crippen molar-refractivity contribution in [1.29, 1.82) is 0 Å². The molecule has 3 aliphatic heterocycles. The Bertz CT molecular complexity index is 672. The van der Waals surface area contributed by atoms with Crippen LogP contribution in [0.1, 0.15) is 50.0 Å². The first-order valence-corrected chi connectivity index (χ1v) is 10.9. The van der Waals surface area contributed by atoms with E-state index >= 15 is 0 Å². The highest BCUT2D eigenvalue weighted by Crippen LogP contribution is 2.37. The lowest BCUT2D eigenvalue weighted by Gasteiger charge is -2.50. The molecule has 156 valence electrons. The molecule has 1 atom stereocenters. The molecule has 1 spiro atoms. The Morgan fingerprint density at radius 2 is 1.89 bits per heavy atom. The molecule has 1 aromatic heterocycles. The van der Waals surface area contributed by atoms with Gasteiger partial charge in [-0.2, -0.15) is 5.10 Å². The first-order chi connectivity index (χ1) is 13.5. The van der Waals surface area contributed by atoms with Crippen LogP contribution in [0.25, 0.3) is 0 Å². The molecule has 7 heteroatoms. The molecule has 3 fully saturated rings. The molecule has 1 amide bonds. The van der Waals surface area contributed by atoms with Crippen LogP contribution < -0.4 is 0 Å². The molecule has 0 saturated carbocycles. The van der Waals surface area contributed by atoms with Crippen molar-refractivity contribution in [2.45, 2.75) is 57.2 Å². The summed E-state index contributed by atoms with van der Waals surface area (Å²) in [5, 5.41) is 4.13. The van der Waals surface area contributed by atoms with Gasteiger partial charge in [-0.05, 0) is 45.6 Å². The summed E-state index contributed by atoms with van der Waals surface area (Å²) in [6, 6.07) is 3.07. The van der Waals surface area contributed by atoms with E-state index in [9.17, 15) is 4.79 Å². The third-order valence-corrected chi connectivity index (χ3v) is 7.06. The van der Waals surface area contributed by atoms with E-state index in [0.717, 1.165) is 45.4 Å². The molecular formula is C21H35N5O2. The Kier molecular flexibility index (Phi) is 5.76. The summed E-state index contributed by atoms with van der Waals surface area (Å²) in [5.74, 6) is 0.0898. The fourth-order valence-electron chi connectivity index (χ4n) is 5.14. The topological polar surface area (TPSA) is 53.8 Å². The molecule has 0 aromatic carbocycles. The van der Waals surface area contributed by atoms with Gasteiger partial charge in [0.05, 0.1) is 5.60 Å². The number of hydrogen-bond acceptors (Lipinski definition) is 5. The molecule has 0 bridgehead atoms. The monoisotopic (exact) mass is 389 g/mol. The summed E-state index contributed by atoms with van der Waals surface area (Å²) in [5.41, 5.74) is 0.628.